The first-order valence-corrected chi connectivity index (χ1v) is 9.67. The average Bonchev–Trinajstić information content (AvgIpc) is 2.73. The Morgan fingerprint density at radius 3 is 2.54 bits per heavy atom. The molecule has 0 bridgehead atoms. The van der Waals surface area contributed by atoms with Gasteiger partial charge in [0.25, 0.3) is 0 Å². The standard InChI is InChI=1S/C21H24ClN5O/c1-3-4-13-27(2)21-25-20(14-23-26-21)24-18-9-11-19(12-10-18)28-15-16-5-7-17(22)8-6-16/h5-12,14H,3-4,13,15H2,1-2H3,(H,24,25,26). The lowest BCUT2D eigenvalue weighted by molar-refractivity contribution is 0.306. The van der Waals surface area contributed by atoms with Crippen molar-refractivity contribution in [3.05, 3.63) is 65.3 Å². The minimum absolute atomic E-state index is 0.493. The molecule has 0 aliphatic heterocycles. The van der Waals surface area contributed by atoms with Crippen LogP contribution in [-0.4, -0.2) is 28.8 Å². The summed E-state index contributed by atoms with van der Waals surface area (Å²) in [7, 11) is 1.98. The molecule has 0 aliphatic carbocycles. The molecule has 0 saturated carbocycles. The number of unbranched alkanes of at least 4 members (excludes halogenated alkanes) is 1. The molecule has 3 rings (SSSR count). The summed E-state index contributed by atoms with van der Waals surface area (Å²) >= 11 is 5.90. The molecule has 7 heteroatoms. The summed E-state index contributed by atoms with van der Waals surface area (Å²) in [6, 6.07) is 15.3. The van der Waals surface area contributed by atoms with E-state index in [1.165, 1.54) is 0 Å². The summed E-state index contributed by atoms with van der Waals surface area (Å²) in [6.45, 7) is 3.56. The summed E-state index contributed by atoms with van der Waals surface area (Å²) in [5.74, 6) is 2.06. The van der Waals surface area contributed by atoms with E-state index in [1.54, 1.807) is 6.20 Å². The average molecular weight is 398 g/mol. The molecule has 0 fully saturated rings. The number of aromatic nitrogens is 3. The SMILES string of the molecule is CCCCN(C)c1nncc(Nc2ccc(OCc3ccc(Cl)cc3)cc2)n1. The molecule has 0 unspecified atom stereocenters. The fourth-order valence-electron chi connectivity index (χ4n) is 2.54. The third-order valence-corrected chi connectivity index (χ3v) is 4.43. The maximum Gasteiger partial charge on any atom is 0.247 e. The maximum absolute atomic E-state index is 5.90. The molecule has 0 saturated heterocycles. The van der Waals surface area contributed by atoms with Crippen LogP contribution in [0.4, 0.5) is 17.5 Å². The highest BCUT2D eigenvalue weighted by molar-refractivity contribution is 6.30. The second-order valence-electron chi connectivity index (χ2n) is 6.48. The number of nitrogens with zero attached hydrogens (tertiary/aromatic N) is 4. The molecule has 0 amide bonds. The summed E-state index contributed by atoms with van der Waals surface area (Å²) in [5, 5.41) is 12.1. The van der Waals surface area contributed by atoms with Crippen molar-refractivity contribution in [2.45, 2.75) is 26.4 Å². The largest absolute Gasteiger partial charge is 0.489 e. The molecule has 146 valence electrons. The highest BCUT2D eigenvalue weighted by Gasteiger charge is 2.06. The van der Waals surface area contributed by atoms with Crippen molar-refractivity contribution >= 4 is 29.1 Å². The molecule has 2 aromatic carbocycles. The van der Waals surface area contributed by atoms with Gasteiger partial charge in [-0.1, -0.05) is 37.1 Å². The number of anilines is 3. The zero-order valence-electron chi connectivity index (χ0n) is 16.1. The second-order valence-corrected chi connectivity index (χ2v) is 6.92. The topological polar surface area (TPSA) is 63.2 Å². The van der Waals surface area contributed by atoms with Gasteiger partial charge in [-0.15, -0.1) is 5.10 Å². The molecule has 0 aliphatic rings. The molecule has 0 spiro atoms. The van der Waals surface area contributed by atoms with E-state index in [2.05, 4.69) is 27.4 Å². The lowest BCUT2D eigenvalue weighted by atomic mass is 10.2. The van der Waals surface area contributed by atoms with Crippen LogP contribution in [0.25, 0.3) is 0 Å². The van der Waals surface area contributed by atoms with Crippen LogP contribution in [-0.2, 0) is 6.61 Å². The van der Waals surface area contributed by atoms with Gasteiger partial charge < -0.3 is 15.0 Å². The van der Waals surface area contributed by atoms with Gasteiger partial charge in [0.2, 0.25) is 5.95 Å². The first-order valence-electron chi connectivity index (χ1n) is 9.29. The Bertz CT molecular complexity index is 871. The highest BCUT2D eigenvalue weighted by atomic mass is 35.5. The third kappa shape index (κ3) is 5.82. The van der Waals surface area contributed by atoms with E-state index in [4.69, 9.17) is 16.3 Å². The predicted octanol–water partition coefficient (Wildman–Crippen LogP) is 5.08. The Balaban J connectivity index is 1.57. The summed E-state index contributed by atoms with van der Waals surface area (Å²) in [6.07, 6.45) is 3.83. The number of benzene rings is 2. The minimum atomic E-state index is 0.493. The van der Waals surface area contributed by atoms with Gasteiger partial charge in [-0.25, -0.2) is 0 Å². The normalized spacial score (nSPS) is 10.5. The van der Waals surface area contributed by atoms with Gasteiger partial charge in [-0.05, 0) is 48.4 Å². The van der Waals surface area contributed by atoms with Crippen LogP contribution in [0.3, 0.4) is 0 Å². The number of ether oxygens (including phenoxy) is 1. The summed E-state index contributed by atoms with van der Waals surface area (Å²) < 4.78 is 5.81. The second kappa shape index (κ2) is 9.90. The van der Waals surface area contributed by atoms with Gasteiger partial charge in [-0.2, -0.15) is 10.1 Å². The Kier molecular flexibility index (Phi) is 7.03. The van der Waals surface area contributed by atoms with E-state index in [1.807, 2.05) is 60.5 Å². The summed E-state index contributed by atoms with van der Waals surface area (Å²) in [4.78, 5) is 6.53. The van der Waals surface area contributed by atoms with E-state index in [9.17, 15) is 0 Å². The highest BCUT2D eigenvalue weighted by Crippen LogP contribution is 2.20. The lowest BCUT2D eigenvalue weighted by Crippen LogP contribution is -2.21. The van der Waals surface area contributed by atoms with Crippen molar-refractivity contribution in [2.75, 3.05) is 23.8 Å². The van der Waals surface area contributed by atoms with Crippen molar-refractivity contribution in [2.24, 2.45) is 0 Å². The Morgan fingerprint density at radius 2 is 1.82 bits per heavy atom. The maximum atomic E-state index is 5.90. The molecule has 3 aromatic rings. The third-order valence-electron chi connectivity index (χ3n) is 4.18. The Morgan fingerprint density at radius 1 is 1.07 bits per heavy atom. The van der Waals surface area contributed by atoms with E-state index < -0.39 is 0 Å². The smallest absolute Gasteiger partial charge is 0.247 e. The van der Waals surface area contributed by atoms with Crippen LogP contribution in [0.2, 0.25) is 5.02 Å². The molecule has 28 heavy (non-hydrogen) atoms. The van der Waals surface area contributed by atoms with Crippen LogP contribution in [0.15, 0.2) is 54.7 Å². The minimum Gasteiger partial charge on any atom is -0.489 e. The van der Waals surface area contributed by atoms with E-state index in [0.717, 1.165) is 41.4 Å². The molecule has 0 radical (unpaired) electrons. The van der Waals surface area contributed by atoms with Gasteiger partial charge in [0, 0.05) is 24.3 Å². The van der Waals surface area contributed by atoms with Crippen LogP contribution in [0, 0.1) is 0 Å². The monoisotopic (exact) mass is 397 g/mol. The van der Waals surface area contributed by atoms with E-state index >= 15 is 0 Å². The fraction of sp³-hybridized carbons (Fsp3) is 0.286. The first-order chi connectivity index (χ1) is 13.6. The van der Waals surface area contributed by atoms with Crippen LogP contribution in [0.1, 0.15) is 25.3 Å². The van der Waals surface area contributed by atoms with Crippen molar-refractivity contribution < 1.29 is 4.74 Å². The van der Waals surface area contributed by atoms with Gasteiger partial charge in [0.1, 0.15) is 12.4 Å². The quantitative estimate of drug-likeness (QED) is 0.543. The van der Waals surface area contributed by atoms with Crippen molar-refractivity contribution in [3.63, 3.8) is 0 Å². The first kappa shape index (κ1) is 19.9. The Labute approximate surface area is 170 Å². The number of rotatable bonds is 9. The van der Waals surface area contributed by atoms with Gasteiger partial charge in [-0.3, -0.25) is 0 Å². The van der Waals surface area contributed by atoms with Crippen LogP contribution >= 0.6 is 11.6 Å². The number of hydrogen-bond donors (Lipinski definition) is 1. The molecule has 1 N–H and O–H groups in total. The molecular formula is C21H24ClN5O. The predicted molar refractivity (Wildman–Crippen MR) is 114 cm³/mol. The molecule has 6 nitrogen and oxygen atoms in total. The molecular weight excluding hydrogens is 374 g/mol. The van der Waals surface area contributed by atoms with Crippen molar-refractivity contribution in [1.82, 2.24) is 15.2 Å². The van der Waals surface area contributed by atoms with E-state index in [-0.39, 0.29) is 0 Å². The van der Waals surface area contributed by atoms with Crippen LogP contribution < -0.4 is 15.0 Å². The molecule has 1 heterocycles. The van der Waals surface area contributed by atoms with Crippen LogP contribution in [0.5, 0.6) is 5.75 Å². The Hall–Kier alpha value is -2.86. The van der Waals surface area contributed by atoms with E-state index in [0.29, 0.717) is 18.4 Å². The zero-order valence-corrected chi connectivity index (χ0v) is 16.9. The molecule has 1 aromatic heterocycles. The van der Waals surface area contributed by atoms with Crippen molar-refractivity contribution in [1.29, 1.82) is 0 Å². The lowest BCUT2D eigenvalue weighted by Gasteiger charge is -2.16. The number of halogens is 1. The van der Waals surface area contributed by atoms with Gasteiger partial charge in [0.15, 0.2) is 5.82 Å². The fourth-order valence-corrected chi connectivity index (χ4v) is 2.67. The van der Waals surface area contributed by atoms with Gasteiger partial charge >= 0.3 is 0 Å². The zero-order chi connectivity index (χ0) is 19.8. The summed E-state index contributed by atoms with van der Waals surface area (Å²) in [5.41, 5.74) is 1.97. The van der Waals surface area contributed by atoms with Crippen molar-refractivity contribution in [3.8, 4) is 5.75 Å². The van der Waals surface area contributed by atoms with Gasteiger partial charge in [0.05, 0.1) is 6.20 Å². The number of hydrogen-bond acceptors (Lipinski definition) is 6. The number of nitrogens with one attached hydrogen (secondary N) is 1. The molecule has 0 atom stereocenters.